The fourth-order valence-corrected chi connectivity index (χ4v) is 5.71. The van der Waals surface area contributed by atoms with Gasteiger partial charge < -0.3 is 33.6 Å². The first kappa shape index (κ1) is 28.6. The molecule has 0 amide bonds. The van der Waals surface area contributed by atoms with Crippen LogP contribution in [0.2, 0.25) is 0 Å². The maximum atomic E-state index is 12.8. The molecule has 0 radical (unpaired) electrons. The molecule has 0 spiro atoms. The van der Waals surface area contributed by atoms with Gasteiger partial charge in [0.1, 0.15) is 35.4 Å². The first-order valence-electron chi connectivity index (χ1n) is 13.8. The molecule has 6 rings (SSSR count). The van der Waals surface area contributed by atoms with Crippen LogP contribution in [0.1, 0.15) is 28.5 Å². The molecule has 2 N–H and O–H groups in total. The molecule has 10 heteroatoms. The number of fused-ring (bicyclic) bond motifs is 1. The zero-order valence-corrected chi connectivity index (χ0v) is 23.9. The van der Waals surface area contributed by atoms with Crippen LogP contribution in [0.15, 0.2) is 101 Å². The van der Waals surface area contributed by atoms with Crippen molar-refractivity contribution in [3.05, 3.63) is 124 Å². The molecule has 2 aromatic heterocycles. The lowest BCUT2D eigenvalue weighted by atomic mass is 9.78. The highest BCUT2D eigenvalue weighted by atomic mass is 16.6. The average molecular weight is 585 g/mol. The van der Waals surface area contributed by atoms with Crippen LogP contribution in [0.5, 0.6) is 11.5 Å². The van der Waals surface area contributed by atoms with E-state index in [2.05, 4.69) is 4.98 Å². The molecule has 1 aliphatic heterocycles. The number of hydrogen-bond donors (Lipinski definition) is 2. The van der Waals surface area contributed by atoms with E-state index in [1.807, 2.05) is 79.7 Å². The van der Waals surface area contributed by atoms with Crippen molar-refractivity contribution in [3.8, 4) is 11.5 Å². The minimum atomic E-state index is -1.41. The molecule has 3 aromatic carbocycles. The van der Waals surface area contributed by atoms with Gasteiger partial charge in [0, 0.05) is 6.20 Å². The van der Waals surface area contributed by atoms with Crippen molar-refractivity contribution in [3.63, 3.8) is 0 Å². The van der Waals surface area contributed by atoms with Crippen LogP contribution >= 0.6 is 0 Å². The van der Waals surface area contributed by atoms with Gasteiger partial charge in [-0.1, -0.05) is 48.5 Å². The summed E-state index contributed by atoms with van der Waals surface area (Å²) in [6, 6.07) is 24.8. The second kappa shape index (κ2) is 11.7. The van der Waals surface area contributed by atoms with E-state index in [0.29, 0.717) is 16.9 Å². The van der Waals surface area contributed by atoms with Crippen molar-refractivity contribution in [2.24, 2.45) is 0 Å². The summed E-state index contributed by atoms with van der Waals surface area (Å²) in [6.07, 6.45) is -2.01. The molecule has 0 bridgehead atoms. The van der Waals surface area contributed by atoms with Crippen molar-refractivity contribution >= 4 is 11.1 Å². The minimum Gasteiger partial charge on any atom is -0.497 e. The summed E-state index contributed by atoms with van der Waals surface area (Å²) >= 11 is 0. The molecule has 5 atom stereocenters. The maximum absolute atomic E-state index is 12.8. The van der Waals surface area contributed by atoms with E-state index < -0.39 is 35.8 Å². The molecule has 1 unspecified atom stereocenters. The van der Waals surface area contributed by atoms with Gasteiger partial charge in [-0.3, -0.25) is 4.57 Å². The molecule has 1 fully saturated rings. The van der Waals surface area contributed by atoms with Crippen LogP contribution in [0.3, 0.4) is 0 Å². The van der Waals surface area contributed by atoms with E-state index in [-0.39, 0.29) is 12.3 Å². The van der Waals surface area contributed by atoms with Gasteiger partial charge in [-0.15, -0.1) is 0 Å². The first-order chi connectivity index (χ1) is 20.8. The third-order valence-corrected chi connectivity index (χ3v) is 7.94. The molecular weight excluding hydrogens is 552 g/mol. The minimum absolute atomic E-state index is 0.128. The number of rotatable bonds is 9. The van der Waals surface area contributed by atoms with Gasteiger partial charge in [-0.2, -0.15) is 4.98 Å². The molecule has 5 aromatic rings. The molecule has 1 saturated heterocycles. The number of aliphatic hydroxyl groups excluding tert-OH is 2. The zero-order chi connectivity index (χ0) is 30.1. The molecular formula is C33H32N2O8. The van der Waals surface area contributed by atoms with Crippen LogP contribution in [-0.4, -0.2) is 58.9 Å². The molecule has 43 heavy (non-hydrogen) atoms. The number of hydrogen-bond acceptors (Lipinski definition) is 9. The summed E-state index contributed by atoms with van der Waals surface area (Å²) in [5.41, 5.74) is 1.74. The van der Waals surface area contributed by atoms with Gasteiger partial charge in [-0.05, 0) is 59.5 Å². The molecule has 3 heterocycles. The lowest BCUT2D eigenvalue weighted by molar-refractivity contribution is -0.0958. The Bertz CT molecular complexity index is 1770. The van der Waals surface area contributed by atoms with Gasteiger partial charge in [0.25, 0.3) is 0 Å². The normalized spacial score (nSPS) is 21.5. The van der Waals surface area contributed by atoms with Crippen LogP contribution in [-0.2, 0) is 15.1 Å². The maximum Gasteiger partial charge on any atom is 0.353 e. The predicted molar refractivity (Wildman–Crippen MR) is 157 cm³/mol. The molecule has 0 aliphatic carbocycles. The van der Waals surface area contributed by atoms with Gasteiger partial charge in [-0.25, -0.2) is 4.79 Å². The Hall–Kier alpha value is -4.48. The Morgan fingerprint density at radius 2 is 1.60 bits per heavy atom. The quantitative estimate of drug-likeness (QED) is 0.248. The highest BCUT2D eigenvalue weighted by molar-refractivity contribution is 5.71. The monoisotopic (exact) mass is 584 g/mol. The van der Waals surface area contributed by atoms with E-state index >= 15 is 0 Å². The highest BCUT2D eigenvalue weighted by Crippen LogP contribution is 2.44. The summed E-state index contributed by atoms with van der Waals surface area (Å²) < 4.78 is 30.3. The number of ether oxygens (including phenoxy) is 4. The van der Waals surface area contributed by atoms with Crippen molar-refractivity contribution in [2.75, 3.05) is 20.8 Å². The number of aliphatic hydroxyl groups is 2. The second-order valence-corrected chi connectivity index (χ2v) is 10.4. The van der Waals surface area contributed by atoms with Crippen LogP contribution < -0.4 is 15.2 Å². The summed E-state index contributed by atoms with van der Waals surface area (Å²) in [7, 11) is 3.22. The predicted octanol–water partition coefficient (Wildman–Crippen LogP) is 3.94. The summed E-state index contributed by atoms with van der Waals surface area (Å²) in [5.74, 6) is 1.39. The van der Waals surface area contributed by atoms with Crippen molar-refractivity contribution < 1.29 is 33.6 Å². The summed E-state index contributed by atoms with van der Waals surface area (Å²) in [4.78, 5) is 16.7. The van der Waals surface area contributed by atoms with Crippen LogP contribution in [0, 0.1) is 6.92 Å². The molecule has 0 saturated carbocycles. The van der Waals surface area contributed by atoms with E-state index in [9.17, 15) is 15.0 Å². The summed E-state index contributed by atoms with van der Waals surface area (Å²) in [6.45, 7) is 1.85. The number of furan rings is 1. The number of nitrogens with zero attached hydrogens (tertiary/aromatic N) is 2. The number of aromatic nitrogens is 2. The fourth-order valence-electron chi connectivity index (χ4n) is 5.71. The standard InChI is InChI=1S/C33H32N2O8/c1-20-17-25(40-3)13-14-26(20)33(22-7-5-4-6-8-22,23-9-11-24(39-2)12-10-23)42-19-27-28(36)29(37)31(43-27)35-18-21-15-16-41-30(21)34-32(35)38/h4-18,27-29,31,36-37H,19H2,1-3H3/t27-,28-,29-,31-,33?/m1/s1. The lowest BCUT2D eigenvalue weighted by Gasteiger charge is -2.38. The topological polar surface area (TPSA) is 125 Å². The fraction of sp³-hybridized carbons (Fsp3) is 0.273. The largest absolute Gasteiger partial charge is 0.497 e. The Balaban J connectivity index is 1.42. The van der Waals surface area contributed by atoms with E-state index in [1.54, 1.807) is 20.3 Å². The second-order valence-electron chi connectivity index (χ2n) is 10.4. The van der Waals surface area contributed by atoms with Crippen LogP contribution in [0.4, 0.5) is 0 Å². The zero-order valence-electron chi connectivity index (χ0n) is 23.9. The van der Waals surface area contributed by atoms with Crippen molar-refractivity contribution in [2.45, 2.75) is 37.1 Å². The first-order valence-corrected chi connectivity index (χ1v) is 13.8. The van der Waals surface area contributed by atoms with Crippen molar-refractivity contribution in [1.82, 2.24) is 9.55 Å². The van der Waals surface area contributed by atoms with Crippen LogP contribution in [0.25, 0.3) is 11.1 Å². The SMILES string of the molecule is COc1ccc(C(OC[C@H]2O[C@@H](n3cc4ccoc4nc3=O)[C@H](O)[C@@H]2O)(c2ccccc2)c2ccc(OC)cc2C)cc1. The van der Waals surface area contributed by atoms with E-state index in [4.69, 9.17) is 23.4 Å². The number of methoxy groups -OCH3 is 2. The van der Waals surface area contributed by atoms with Crippen molar-refractivity contribution in [1.29, 1.82) is 0 Å². The Labute approximate surface area is 247 Å². The third-order valence-electron chi connectivity index (χ3n) is 7.94. The van der Waals surface area contributed by atoms with Gasteiger partial charge in [0.2, 0.25) is 5.71 Å². The van der Waals surface area contributed by atoms with Gasteiger partial charge in [0.05, 0.1) is 32.5 Å². The smallest absolute Gasteiger partial charge is 0.353 e. The average Bonchev–Trinajstić information content (AvgIpc) is 3.61. The van der Waals surface area contributed by atoms with E-state index in [0.717, 1.165) is 26.8 Å². The Morgan fingerprint density at radius 3 is 2.30 bits per heavy atom. The number of benzene rings is 3. The van der Waals surface area contributed by atoms with Gasteiger partial charge >= 0.3 is 5.69 Å². The number of aryl methyl sites for hydroxylation is 1. The van der Waals surface area contributed by atoms with Gasteiger partial charge in [0.15, 0.2) is 6.23 Å². The van der Waals surface area contributed by atoms with E-state index in [1.165, 1.54) is 12.5 Å². The molecule has 10 nitrogen and oxygen atoms in total. The Morgan fingerprint density at radius 1 is 0.907 bits per heavy atom. The Kier molecular flexibility index (Phi) is 7.76. The highest BCUT2D eigenvalue weighted by Gasteiger charge is 2.47. The summed E-state index contributed by atoms with van der Waals surface area (Å²) in [5, 5.41) is 22.7. The lowest BCUT2D eigenvalue weighted by Crippen LogP contribution is -2.40. The molecule has 222 valence electrons. The third kappa shape index (κ3) is 5.08. The molecule has 1 aliphatic rings.